The fourth-order valence-corrected chi connectivity index (χ4v) is 2.21. The smallest absolute Gasteiger partial charge is 0.0667 e. The molecule has 0 radical (unpaired) electrons. The van der Waals surface area contributed by atoms with Gasteiger partial charge in [0.2, 0.25) is 0 Å². The molecule has 17 heavy (non-hydrogen) atoms. The zero-order valence-corrected chi connectivity index (χ0v) is 12.2. The number of nitrogens with one attached hydrogen (secondary N) is 1. The summed E-state index contributed by atoms with van der Waals surface area (Å²) in [6.45, 7) is 12.8. The summed E-state index contributed by atoms with van der Waals surface area (Å²) >= 11 is 0. The molecule has 0 aromatic rings. The van der Waals surface area contributed by atoms with Crippen molar-refractivity contribution in [1.29, 1.82) is 0 Å². The topological polar surface area (TPSA) is 30.5 Å². The lowest BCUT2D eigenvalue weighted by molar-refractivity contribution is -0.125. The molecule has 0 saturated heterocycles. The van der Waals surface area contributed by atoms with Crippen molar-refractivity contribution in [2.24, 2.45) is 11.3 Å². The highest BCUT2D eigenvalue weighted by molar-refractivity contribution is 5.02. The Balaban J connectivity index is 2.28. The van der Waals surface area contributed by atoms with Crippen LogP contribution in [0.25, 0.3) is 0 Å². The molecule has 3 nitrogen and oxygen atoms in total. The lowest BCUT2D eigenvalue weighted by Gasteiger charge is -2.52. The van der Waals surface area contributed by atoms with Crippen molar-refractivity contribution in [3.8, 4) is 0 Å². The molecule has 0 aromatic carbocycles. The minimum absolute atomic E-state index is 0.238. The fraction of sp³-hybridized carbons (Fsp3) is 1.00. The zero-order valence-electron chi connectivity index (χ0n) is 12.2. The van der Waals surface area contributed by atoms with Crippen molar-refractivity contribution in [3.63, 3.8) is 0 Å². The summed E-state index contributed by atoms with van der Waals surface area (Å²) in [4.78, 5) is 0. The second-order valence-electron chi connectivity index (χ2n) is 6.28. The van der Waals surface area contributed by atoms with Crippen molar-refractivity contribution in [3.05, 3.63) is 0 Å². The summed E-state index contributed by atoms with van der Waals surface area (Å²) in [6, 6.07) is 0.553. The molecule has 1 rings (SSSR count). The predicted molar refractivity (Wildman–Crippen MR) is 71.2 cm³/mol. The first-order valence-corrected chi connectivity index (χ1v) is 6.75. The monoisotopic (exact) mass is 243 g/mol. The van der Waals surface area contributed by atoms with Gasteiger partial charge >= 0.3 is 0 Å². The summed E-state index contributed by atoms with van der Waals surface area (Å²) < 4.78 is 11.2. The molecule has 3 atom stereocenters. The van der Waals surface area contributed by atoms with E-state index in [0.29, 0.717) is 18.1 Å². The van der Waals surface area contributed by atoms with Crippen molar-refractivity contribution < 1.29 is 9.47 Å². The van der Waals surface area contributed by atoms with Gasteiger partial charge in [0.05, 0.1) is 12.2 Å². The molecule has 1 N–H and O–H groups in total. The van der Waals surface area contributed by atoms with E-state index in [9.17, 15) is 0 Å². The quantitative estimate of drug-likeness (QED) is 0.745. The van der Waals surface area contributed by atoms with Crippen molar-refractivity contribution in [1.82, 2.24) is 5.32 Å². The Morgan fingerprint density at radius 3 is 2.41 bits per heavy atom. The molecule has 0 bridgehead atoms. The molecule has 102 valence electrons. The molecule has 1 aliphatic carbocycles. The highest BCUT2D eigenvalue weighted by atomic mass is 16.5. The SMILES string of the molecule is COC(C)CNC1CC(OCC(C)C)C1(C)C. The van der Waals surface area contributed by atoms with Crippen LogP contribution in [0, 0.1) is 11.3 Å². The molecule has 0 aliphatic heterocycles. The van der Waals surface area contributed by atoms with E-state index in [1.54, 1.807) is 7.11 Å². The molecule has 0 heterocycles. The fourth-order valence-electron chi connectivity index (χ4n) is 2.21. The van der Waals surface area contributed by atoms with Gasteiger partial charge in [0.25, 0.3) is 0 Å². The summed E-state index contributed by atoms with van der Waals surface area (Å²) in [5.41, 5.74) is 0.238. The molecule has 1 fully saturated rings. The van der Waals surface area contributed by atoms with Crippen LogP contribution in [-0.2, 0) is 9.47 Å². The lowest BCUT2D eigenvalue weighted by atomic mass is 9.64. The molecule has 1 saturated carbocycles. The summed E-state index contributed by atoms with van der Waals surface area (Å²) in [5, 5.41) is 3.57. The van der Waals surface area contributed by atoms with Gasteiger partial charge in [-0.1, -0.05) is 27.7 Å². The molecule has 0 amide bonds. The minimum atomic E-state index is 0.238. The third-order valence-corrected chi connectivity index (χ3v) is 3.86. The second-order valence-corrected chi connectivity index (χ2v) is 6.28. The third-order valence-electron chi connectivity index (χ3n) is 3.86. The van der Waals surface area contributed by atoms with Crippen LogP contribution in [-0.4, -0.2) is 38.5 Å². The van der Waals surface area contributed by atoms with E-state index in [1.165, 1.54) is 0 Å². The van der Waals surface area contributed by atoms with E-state index in [4.69, 9.17) is 9.47 Å². The highest BCUT2D eigenvalue weighted by Gasteiger charge is 2.48. The lowest BCUT2D eigenvalue weighted by Crippen LogP contribution is -2.61. The van der Waals surface area contributed by atoms with Crippen molar-refractivity contribution in [2.75, 3.05) is 20.3 Å². The van der Waals surface area contributed by atoms with Gasteiger partial charge in [0.15, 0.2) is 0 Å². The van der Waals surface area contributed by atoms with Crippen LogP contribution < -0.4 is 5.32 Å². The van der Waals surface area contributed by atoms with E-state index < -0.39 is 0 Å². The number of hydrogen-bond acceptors (Lipinski definition) is 3. The van der Waals surface area contributed by atoms with Gasteiger partial charge in [-0.3, -0.25) is 0 Å². The number of hydrogen-bond donors (Lipinski definition) is 1. The predicted octanol–water partition coefficient (Wildman–Crippen LogP) is 2.45. The normalized spacial score (nSPS) is 29.1. The van der Waals surface area contributed by atoms with E-state index in [-0.39, 0.29) is 11.5 Å². The van der Waals surface area contributed by atoms with Crippen LogP contribution in [0.5, 0.6) is 0 Å². The Hall–Kier alpha value is -0.120. The maximum atomic E-state index is 5.95. The first-order chi connectivity index (χ1) is 7.87. The summed E-state index contributed by atoms with van der Waals surface area (Å²) in [7, 11) is 1.76. The molecular weight excluding hydrogens is 214 g/mol. The van der Waals surface area contributed by atoms with E-state index in [2.05, 4.69) is 39.9 Å². The third kappa shape index (κ3) is 3.94. The van der Waals surface area contributed by atoms with Crippen LogP contribution in [0.1, 0.15) is 41.0 Å². The van der Waals surface area contributed by atoms with Gasteiger partial charge in [-0.25, -0.2) is 0 Å². The van der Waals surface area contributed by atoms with Gasteiger partial charge < -0.3 is 14.8 Å². The van der Waals surface area contributed by atoms with Gasteiger partial charge in [0, 0.05) is 31.7 Å². The molecule has 0 aromatic heterocycles. The van der Waals surface area contributed by atoms with Gasteiger partial charge in [-0.05, 0) is 19.3 Å². The first kappa shape index (κ1) is 14.9. The van der Waals surface area contributed by atoms with Crippen molar-refractivity contribution in [2.45, 2.75) is 59.3 Å². The Labute approximate surface area is 106 Å². The molecule has 0 spiro atoms. The Kier molecular flexibility index (Phi) is 5.42. The van der Waals surface area contributed by atoms with Crippen LogP contribution in [0.15, 0.2) is 0 Å². The Morgan fingerprint density at radius 1 is 1.29 bits per heavy atom. The number of rotatable bonds is 7. The zero-order chi connectivity index (χ0) is 13.1. The largest absolute Gasteiger partial charge is 0.380 e. The summed E-state index contributed by atoms with van der Waals surface area (Å²) in [5.74, 6) is 0.617. The Morgan fingerprint density at radius 2 is 1.94 bits per heavy atom. The number of ether oxygens (including phenoxy) is 2. The van der Waals surface area contributed by atoms with Crippen LogP contribution in [0.3, 0.4) is 0 Å². The van der Waals surface area contributed by atoms with E-state index in [0.717, 1.165) is 19.6 Å². The standard InChI is InChI=1S/C14H29NO2/c1-10(2)9-17-13-7-12(14(13,4)5)15-8-11(3)16-6/h10-13,15H,7-9H2,1-6H3. The van der Waals surface area contributed by atoms with Crippen LogP contribution in [0.4, 0.5) is 0 Å². The molecular formula is C14H29NO2. The Bertz CT molecular complexity index is 228. The van der Waals surface area contributed by atoms with E-state index in [1.807, 2.05) is 0 Å². The average Bonchev–Trinajstić information content (AvgIpc) is 2.26. The maximum absolute atomic E-state index is 5.95. The van der Waals surface area contributed by atoms with Gasteiger partial charge in [-0.15, -0.1) is 0 Å². The number of methoxy groups -OCH3 is 1. The summed E-state index contributed by atoms with van der Waals surface area (Å²) in [6.07, 6.45) is 1.80. The minimum Gasteiger partial charge on any atom is -0.380 e. The van der Waals surface area contributed by atoms with Crippen LogP contribution in [0.2, 0.25) is 0 Å². The molecule has 3 heteroatoms. The first-order valence-electron chi connectivity index (χ1n) is 6.75. The molecule has 3 unspecified atom stereocenters. The average molecular weight is 243 g/mol. The van der Waals surface area contributed by atoms with Gasteiger partial charge in [-0.2, -0.15) is 0 Å². The maximum Gasteiger partial charge on any atom is 0.0667 e. The van der Waals surface area contributed by atoms with E-state index >= 15 is 0 Å². The highest BCUT2D eigenvalue weighted by Crippen LogP contribution is 2.42. The van der Waals surface area contributed by atoms with Crippen molar-refractivity contribution >= 4 is 0 Å². The van der Waals surface area contributed by atoms with Crippen LogP contribution >= 0.6 is 0 Å². The second kappa shape index (κ2) is 6.17. The molecule has 1 aliphatic rings. The van der Waals surface area contributed by atoms with Gasteiger partial charge in [0.1, 0.15) is 0 Å².